The number of hydrogen-bond acceptors (Lipinski definition) is 4. The zero-order valence-electron chi connectivity index (χ0n) is 14.2. The van der Waals surface area contributed by atoms with Gasteiger partial charge in [-0.25, -0.2) is 12.8 Å². The zero-order chi connectivity index (χ0) is 18.0. The summed E-state index contributed by atoms with van der Waals surface area (Å²) < 4.78 is 45.2. The minimum absolute atomic E-state index is 0.0253. The highest BCUT2D eigenvalue weighted by atomic mass is 32.2. The molecule has 5 nitrogen and oxygen atoms in total. The summed E-state index contributed by atoms with van der Waals surface area (Å²) in [5, 5.41) is 0. The topological polar surface area (TPSA) is 49.9 Å². The first-order valence-electron chi connectivity index (χ1n) is 8.08. The summed E-state index contributed by atoms with van der Waals surface area (Å²) in [5.74, 6) is 0.338. The Hall–Kier alpha value is -2.12. The van der Waals surface area contributed by atoms with E-state index in [-0.39, 0.29) is 10.9 Å². The number of halogens is 1. The molecule has 0 bridgehead atoms. The summed E-state index contributed by atoms with van der Waals surface area (Å²) in [7, 11) is -1.99. The minimum Gasteiger partial charge on any atom is -0.497 e. The van der Waals surface area contributed by atoms with E-state index in [1.165, 1.54) is 28.6 Å². The van der Waals surface area contributed by atoms with Gasteiger partial charge in [0.2, 0.25) is 10.0 Å². The molecule has 0 aromatic heterocycles. The van der Waals surface area contributed by atoms with Gasteiger partial charge in [-0.05, 0) is 55.5 Å². The van der Waals surface area contributed by atoms with Crippen molar-refractivity contribution in [2.24, 2.45) is 0 Å². The van der Waals surface area contributed by atoms with Gasteiger partial charge < -0.3 is 9.64 Å². The van der Waals surface area contributed by atoms with Crippen LogP contribution < -0.4 is 9.64 Å². The largest absolute Gasteiger partial charge is 0.497 e. The van der Waals surface area contributed by atoms with E-state index in [1.807, 2.05) is 31.2 Å². The fourth-order valence-electron chi connectivity index (χ4n) is 3.06. The maximum absolute atomic E-state index is 13.0. The van der Waals surface area contributed by atoms with Crippen LogP contribution in [0.5, 0.6) is 5.75 Å². The van der Waals surface area contributed by atoms with Crippen molar-refractivity contribution in [1.82, 2.24) is 4.31 Å². The van der Waals surface area contributed by atoms with E-state index < -0.39 is 15.8 Å². The number of nitrogens with zero attached hydrogens (tertiary/aromatic N) is 2. The van der Waals surface area contributed by atoms with Crippen molar-refractivity contribution < 1.29 is 17.5 Å². The number of rotatable bonds is 4. The molecule has 2 aromatic rings. The number of piperazine rings is 1. The second-order valence-electron chi connectivity index (χ2n) is 6.06. The molecular weight excluding hydrogens is 343 g/mol. The van der Waals surface area contributed by atoms with E-state index in [9.17, 15) is 12.8 Å². The first-order chi connectivity index (χ1) is 11.9. The third kappa shape index (κ3) is 3.62. The molecule has 1 aliphatic heterocycles. The van der Waals surface area contributed by atoms with Gasteiger partial charge in [0.15, 0.2) is 0 Å². The Kier molecular flexibility index (Phi) is 4.96. The lowest BCUT2D eigenvalue weighted by Gasteiger charge is -2.40. The second kappa shape index (κ2) is 7.01. The number of hydrogen-bond donors (Lipinski definition) is 0. The summed E-state index contributed by atoms with van der Waals surface area (Å²) in [4.78, 5) is 2.30. The lowest BCUT2D eigenvalue weighted by molar-refractivity contribution is 0.342. The Morgan fingerprint density at radius 3 is 2.24 bits per heavy atom. The highest BCUT2D eigenvalue weighted by Crippen LogP contribution is 2.26. The molecule has 0 aliphatic carbocycles. The van der Waals surface area contributed by atoms with Crippen LogP contribution in [0.1, 0.15) is 6.92 Å². The third-order valence-electron chi connectivity index (χ3n) is 4.45. The zero-order valence-corrected chi connectivity index (χ0v) is 15.0. The Labute approximate surface area is 147 Å². The lowest BCUT2D eigenvalue weighted by Crippen LogP contribution is -2.53. The molecule has 1 saturated heterocycles. The highest BCUT2D eigenvalue weighted by molar-refractivity contribution is 7.89. The van der Waals surface area contributed by atoms with Crippen molar-refractivity contribution in [3.05, 3.63) is 54.3 Å². The molecule has 1 heterocycles. The molecule has 0 amide bonds. The van der Waals surface area contributed by atoms with Crippen LogP contribution in [-0.2, 0) is 10.0 Å². The first-order valence-corrected chi connectivity index (χ1v) is 9.52. The maximum Gasteiger partial charge on any atom is 0.243 e. The second-order valence-corrected chi connectivity index (χ2v) is 8.00. The van der Waals surface area contributed by atoms with E-state index in [1.54, 1.807) is 7.11 Å². The third-order valence-corrected chi connectivity index (χ3v) is 6.33. The first kappa shape index (κ1) is 17.7. The molecule has 134 valence electrons. The van der Waals surface area contributed by atoms with Crippen molar-refractivity contribution >= 4 is 15.7 Å². The summed E-state index contributed by atoms with van der Waals surface area (Å²) in [6.45, 7) is 3.35. The van der Waals surface area contributed by atoms with E-state index in [4.69, 9.17) is 4.74 Å². The van der Waals surface area contributed by atoms with Crippen LogP contribution in [0.4, 0.5) is 10.1 Å². The molecule has 1 fully saturated rings. The van der Waals surface area contributed by atoms with E-state index in [0.717, 1.165) is 11.4 Å². The fourth-order valence-corrected chi connectivity index (χ4v) is 4.57. The average Bonchev–Trinajstić information content (AvgIpc) is 2.62. The van der Waals surface area contributed by atoms with E-state index in [0.29, 0.717) is 19.6 Å². The summed E-state index contributed by atoms with van der Waals surface area (Å²) in [6.07, 6.45) is 0. The monoisotopic (exact) mass is 364 g/mol. The van der Waals surface area contributed by atoms with Crippen LogP contribution in [0.3, 0.4) is 0 Å². The number of ether oxygens (including phenoxy) is 1. The number of sulfonamides is 1. The molecule has 1 atom stereocenters. The van der Waals surface area contributed by atoms with Crippen LogP contribution in [0.2, 0.25) is 0 Å². The van der Waals surface area contributed by atoms with Crippen molar-refractivity contribution in [2.75, 3.05) is 31.6 Å². The van der Waals surface area contributed by atoms with Crippen LogP contribution in [0.25, 0.3) is 0 Å². The smallest absolute Gasteiger partial charge is 0.243 e. The van der Waals surface area contributed by atoms with Crippen LogP contribution in [0.15, 0.2) is 53.4 Å². The molecular formula is C18H21FN2O3S. The summed E-state index contributed by atoms with van der Waals surface area (Å²) in [5.41, 5.74) is 1.03. The SMILES string of the molecule is COc1ccc(N2CCN(S(=O)(=O)c3ccc(F)cc3)CC2C)cc1. The summed E-state index contributed by atoms with van der Waals surface area (Å²) >= 11 is 0. The molecule has 0 radical (unpaired) electrons. The van der Waals surface area contributed by atoms with Gasteiger partial charge in [-0.15, -0.1) is 0 Å². The Morgan fingerprint density at radius 1 is 1.04 bits per heavy atom. The highest BCUT2D eigenvalue weighted by Gasteiger charge is 2.32. The number of anilines is 1. The standard InChI is InChI=1S/C18H21FN2O3S/c1-14-13-20(25(22,23)18-9-3-15(19)4-10-18)11-12-21(14)16-5-7-17(24-2)8-6-16/h3-10,14H,11-13H2,1-2H3. The van der Waals surface area contributed by atoms with Crippen LogP contribution in [-0.4, -0.2) is 45.5 Å². The van der Waals surface area contributed by atoms with E-state index >= 15 is 0 Å². The minimum atomic E-state index is -3.61. The van der Waals surface area contributed by atoms with Gasteiger partial charge in [0.1, 0.15) is 11.6 Å². The average molecular weight is 364 g/mol. The fraction of sp³-hybridized carbons (Fsp3) is 0.333. The number of methoxy groups -OCH3 is 1. The molecule has 25 heavy (non-hydrogen) atoms. The van der Waals surface area contributed by atoms with Crippen LogP contribution in [0, 0.1) is 5.82 Å². The number of benzene rings is 2. The molecule has 0 spiro atoms. The Balaban J connectivity index is 1.75. The van der Waals surface area contributed by atoms with Gasteiger partial charge in [0.05, 0.1) is 12.0 Å². The maximum atomic E-state index is 13.0. The van der Waals surface area contributed by atoms with Gasteiger partial charge in [-0.3, -0.25) is 0 Å². The molecule has 3 rings (SSSR count). The molecule has 0 saturated carbocycles. The quantitative estimate of drug-likeness (QED) is 0.837. The van der Waals surface area contributed by atoms with Crippen molar-refractivity contribution in [3.63, 3.8) is 0 Å². The van der Waals surface area contributed by atoms with Crippen molar-refractivity contribution in [2.45, 2.75) is 17.9 Å². The molecule has 0 N–H and O–H groups in total. The van der Waals surface area contributed by atoms with Gasteiger partial charge >= 0.3 is 0 Å². The Bertz CT molecular complexity index is 822. The van der Waals surface area contributed by atoms with Crippen molar-refractivity contribution in [3.8, 4) is 5.75 Å². The van der Waals surface area contributed by atoms with Gasteiger partial charge in [0, 0.05) is 31.4 Å². The molecule has 1 aliphatic rings. The van der Waals surface area contributed by atoms with Gasteiger partial charge in [-0.2, -0.15) is 4.31 Å². The Morgan fingerprint density at radius 2 is 1.68 bits per heavy atom. The predicted octanol–water partition coefficient (Wildman–Crippen LogP) is 2.73. The normalized spacial score (nSPS) is 19.0. The summed E-state index contributed by atoms with van der Waals surface area (Å²) in [6, 6.07) is 12.7. The molecule has 1 unspecified atom stereocenters. The van der Waals surface area contributed by atoms with Crippen LogP contribution >= 0.6 is 0 Å². The van der Waals surface area contributed by atoms with E-state index in [2.05, 4.69) is 4.90 Å². The predicted molar refractivity (Wildman–Crippen MR) is 95.0 cm³/mol. The molecule has 2 aromatic carbocycles. The van der Waals surface area contributed by atoms with Crippen molar-refractivity contribution in [1.29, 1.82) is 0 Å². The van der Waals surface area contributed by atoms with Gasteiger partial charge in [-0.1, -0.05) is 0 Å². The molecule has 7 heteroatoms. The van der Waals surface area contributed by atoms with Gasteiger partial charge in [0.25, 0.3) is 0 Å². The lowest BCUT2D eigenvalue weighted by atomic mass is 10.2.